The quantitative estimate of drug-likeness (QED) is 0.716. The van der Waals surface area contributed by atoms with Gasteiger partial charge >= 0.3 is 0 Å². The number of hydrogen-bond donors (Lipinski definition) is 1. The van der Waals surface area contributed by atoms with Crippen molar-refractivity contribution in [3.63, 3.8) is 0 Å². The summed E-state index contributed by atoms with van der Waals surface area (Å²) in [6, 6.07) is 5.74. The van der Waals surface area contributed by atoms with Crippen LogP contribution in [-0.2, 0) is 17.8 Å². The van der Waals surface area contributed by atoms with E-state index in [9.17, 15) is 4.79 Å². The Morgan fingerprint density at radius 2 is 2.29 bits per heavy atom. The number of nitrogens with one attached hydrogen (secondary N) is 1. The van der Waals surface area contributed by atoms with Crippen molar-refractivity contribution in [3.8, 4) is 10.6 Å². The maximum absolute atomic E-state index is 12.1. The summed E-state index contributed by atoms with van der Waals surface area (Å²) in [5.41, 5.74) is 1.76. The van der Waals surface area contributed by atoms with Gasteiger partial charge in [-0.15, -0.1) is 11.3 Å². The fraction of sp³-hybridized carbons (Fsp3) is 0.294. The van der Waals surface area contributed by atoms with Gasteiger partial charge in [0.25, 0.3) is 0 Å². The van der Waals surface area contributed by atoms with E-state index in [1.807, 2.05) is 34.5 Å². The summed E-state index contributed by atoms with van der Waals surface area (Å²) >= 11 is 1.53. The van der Waals surface area contributed by atoms with E-state index in [0.29, 0.717) is 18.9 Å². The van der Waals surface area contributed by atoms with Crippen LogP contribution < -0.4 is 5.32 Å². The van der Waals surface area contributed by atoms with Gasteiger partial charge in [0.15, 0.2) is 0 Å². The Balaban J connectivity index is 1.47. The van der Waals surface area contributed by atoms with Crippen LogP contribution in [0.2, 0.25) is 0 Å². The zero-order chi connectivity index (χ0) is 16.8. The Morgan fingerprint density at radius 1 is 1.38 bits per heavy atom. The minimum absolute atomic E-state index is 0.00893. The highest BCUT2D eigenvalue weighted by Gasteiger charge is 2.10. The summed E-state index contributed by atoms with van der Waals surface area (Å²) in [5.74, 6) is 0.306. The normalized spacial score (nSPS) is 12.0. The molecule has 1 N–H and O–H groups in total. The second-order valence-electron chi connectivity index (χ2n) is 5.70. The molecule has 0 fully saturated rings. The van der Waals surface area contributed by atoms with Crippen LogP contribution in [-0.4, -0.2) is 32.2 Å². The number of carbonyl (C=O) groups excluding carboxylic acids is 1. The summed E-state index contributed by atoms with van der Waals surface area (Å²) in [6.07, 6.45) is 7.49. The number of pyridine rings is 1. The van der Waals surface area contributed by atoms with Crippen molar-refractivity contribution in [1.82, 2.24) is 25.1 Å². The molecule has 0 aliphatic carbocycles. The van der Waals surface area contributed by atoms with Crippen LogP contribution in [0.1, 0.15) is 12.6 Å². The molecule has 0 bridgehead atoms. The molecule has 24 heavy (non-hydrogen) atoms. The van der Waals surface area contributed by atoms with E-state index in [2.05, 4.69) is 27.3 Å². The molecule has 0 saturated heterocycles. The minimum Gasteiger partial charge on any atom is -0.355 e. The van der Waals surface area contributed by atoms with Crippen molar-refractivity contribution < 1.29 is 4.79 Å². The molecule has 0 unspecified atom stereocenters. The first-order valence-corrected chi connectivity index (χ1v) is 8.67. The van der Waals surface area contributed by atoms with Crippen molar-refractivity contribution in [2.24, 2.45) is 5.92 Å². The first kappa shape index (κ1) is 16.3. The van der Waals surface area contributed by atoms with Crippen LogP contribution in [0.15, 0.2) is 48.4 Å². The van der Waals surface area contributed by atoms with Crippen molar-refractivity contribution in [2.45, 2.75) is 19.9 Å². The minimum atomic E-state index is -0.00893. The van der Waals surface area contributed by atoms with Gasteiger partial charge in [-0.2, -0.15) is 5.10 Å². The Morgan fingerprint density at radius 3 is 3.04 bits per heavy atom. The van der Waals surface area contributed by atoms with Crippen molar-refractivity contribution >= 4 is 17.2 Å². The molecule has 0 spiro atoms. The molecular formula is C17H19N5OS. The first-order valence-electron chi connectivity index (χ1n) is 7.79. The lowest BCUT2D eigenvalue weighted by molar-refractivity contribution is -0.120. The average molecular weight is 341 g/mol. The molecule has 6 nitrogen and oxygen atoms in total. The van der Waals surface area contributed by atoms with Crippen LogP contribution in [0.25, 0.3) is 10.6 Å². The molecule has 3 rings (SSSR count). The first-order chi connectivity index (χ1) is 11.7. The largest absolute Gasteiger partial charge is 0.355 e. The third-order valence-corrected chi connectivity index (χ3v) is 4.45. The lowest BCUT2D eigenvalue weighted by atomic mass is 10.2. The molecule has 1 atom stereocenters. The van der Waals surface area contributed by atoms with Crippen LogP contribution in [0.4, 0.5) is 0 Å². The van der Waals surface area contributed by atoms with E-state index in [-0.39, 0.29) is 5.91 Å². The molecule has 3 aromatic heterocycles. The Hall–Kier alpha value is -2.54. The number of rotatable bonds is 7. The van der Waals surface area contributed by atoms with Gasteiger partial charge in [0.2, 0.25) is 5.91 Å². The third-order valence-electron chi connectivity index (χ3n) is 3.51. The summed E-state index contributed by atoms with van der Waals surface area (Å²) in [4.78, 5) is 20.7. The molecule has 7 heteroatoms. The van der Waals surface area contributed by atoms with E-state index in [1.54, 1.807) is 18.6 Å². The van der Waals surface area contributed by atoms with Gasteiger partial charge in [-0.3, -0.25) is 14.5 Å². The van der Waals surface area contributed by atoms with E-state index in [0.717, 1.165) is 22.8 Å². The fourth-order valence-electron chi connectivity index (χ4n) is 2.32. The number of nitrogens with zero attached hydrogens (tertiary/aromatic N) is 4. The highest BCUT2D eigenvalue weighted by atomic mass is 32.1. The van der Waals surface area contributed by atoms with Crippen molar-refractivity contribution in [3.05, 3.63) is 54.1 Å². The summed E-state index contributed by atoms with van der Waals surface area (Å²) in [6.45, 7) is 3.50. The molecule has 1 amide bonds. The maximum Gasteiger partial charge on any atom is 0.226 e. The highest BCUT2D eigenvalue weighted by molar-refractivity contribution is 7.13. The molecule has 0 aliphatic heterocycles. The molecular weight excluding hydrogens is 322 g/mol. The molecule has 0 radical (unpaired) electrons. The second kappa shape index (κ2) is 7.83. The third kappa shape index (κ3) is 4.48. The van der Waals surface area contributed by atoms with E-state index < -0.39 is 0 Å². The van der Waals surface area contributed by atoms with E-state index in [1.165, 1.54) is 11.3 Å². The number of hydrogen-bond acceptors (Lipinski definition) is 5. The van der Waals surface area contributed by atoms with Crippen molar-refractivity contribution in [1.29, 1.82) is 0 Å². The predicted molar refractivity (Wildman–Crippen MR) is 93.4 cm³/mol. The zero-order valence-corrected chi connectivity index (χ0v) is 14.2. The lowest BCUT2D eigenvalue weighted by Gasteiger charge is -2.12. The Bertz CT molecular complexity index is 769. The smallest absolute Gasteiger partial charge is 0.226 e. The number of amides is 1. The second-order valence-corrected chi connectivity index (χ2v) is 6.56. The molecule has 0 saturated carbocycles. The van der Waals surface area contributed by atoms with Gasteiger partial charge in [-0.25, -0.2) is 4.98 Å². The number of carbonyl (C=O) groups is 1. The van der Waals surface area contributed by atoms with Gasteiger partial charge < -0.3 is 5.32 Å². The lowest BCUT2D eigenvalue weighted by Crippen LogP contribution is -2.31. The Labute approximate surface area is 144 Å². The van der Waals surface area contributed by atoms with Crippen LogP contribution in [0.5, 0.6) is 0 Å². The molecule has 124 valence electrons. The molecule has 0 aromatic carbocycles. The number of aromatic nitrogens is 4. The zero-order valence-electron chi connectivity index (χ0n) is 13.4. The van der Waals surface area contributed by atoms with Crippen LogP contribution in [0, 0.1) is 5.92 Å². The molecule has 3 aromatic rings. The van der Waals surface area contributed by atoms with Crippen LogP contribution in [0.3, 0.4) is 0 Å². The topological polar surface area (TPSA) is 72.7 Å². The SMILES string of the molecule is C[C@H](CNC(=O)Cc1csc(-c2cccnc2)n1)Cn1cccn1. The predicted octanol–water partition coefficient (Wildman–Crippen LogP) is 2.40. The average Bonchev–Trinajstić information content (AvgIpc) is 3.26. The molecule has 0 aliphatic rings. The standard InChI is InChI=1S/C17H19N5OS/c1-13(11-22-7-3-6-20-22)9-19-16(23)8-15-12-24-17(21-15)14-4-2-5-18-10-14/h2-7,10,12-13H,8-9,11H2,1H3,(H,19,23)/t13-/m1/s1. The van der Waals surface area contributed by atoms with Gasteiger partial charge in [-0.1, -0.05) is 6.92 Å². The van der Waals surface area contributed by atoms with E-state index in [4.69, 9.17) is 0 Å². The van der Waals surface area contributed by atoms with Gasteiger partial charge in [0.1, 0.15) is 5.01 Å². The highest BCUT2D eigenvalue weighted by Crippen LogP contribution is 2.22. The maximum atomic E-state index is 12.1. The van der Waals surface area contributed by atoms with Gasteiger partial charge in [0, 0.05) is 48.8 Å². The Kier molecular flexibility index (Phi) is 5.32. The van der Waals surface area contributed by atoms with Crippen LogP contribution >= 0.6 is 11.3 Å². The monoisotopic (exact) mass is 341 g/mol. The fourth-order valence-corrected chi connectivity index (χ4v) is 3.13. The van der Waals surface area contributed by atoms with E-state index >= 15 is 0 Å². The van der Waals surface area contributed by atoms with Gasteiger partial charge in [-0.05, 0) is 24.1 Å². The summed E-state index contributed by atoms with van der Waals surface area (Å²) in [5, 5.41) is 9.95. The molecule has 3 heterocycles. The van der Waals surface area contributed by atoms with Crippen molar-refractivity contribution in [2.75, 3.05) is 6.54 Å². The summed E-state index contributed by atoms with van der Waals surface area (Å²) < 4.78 is 1.87. The summed E-state index contributed by atoms with van der Waals surface area (Å²) in [7, 11) is 0. The van der Waals surface area contributed by atoms with Gasteiger partial charge in [0.05, 0.1) is 12.1 Å². The number of thiazole rings is 1.